The van der Waals surface area contributed by atoms with Crippen LogP contribution in [0.2, 0.25) is 0 Å². The number of nitrogens with zero attached hydrogens (tertiary/aromatic N) is 1. The summed E-state index contributed by atoms with van der Waals surface area (Å²) in [4.78, 5) is 4.52. The van der Waals surface area contributed by atoms with Crippen LogP contribution in [0.4, 0.5) is 0 Å². The second-order valence-electron chi connectivity index (χ2n) is 4.93. The summed E-state index contributed by atoms with van der Waals surface area (Å²) < 4.78 is 0. The van der Waals surface area contributed by atoms with Gasteiger partial charge in [0.2, 0.25) is 0 Å². The Morgan fingerprint density at radius 2 is 2.31 bits per heavy atom. The van der Waals surface area contributed by atoms with Gasteiger partial charge < -0.3 is 0 Å². The van der Waals surface area contributed by atoms with E-state index in [0.29, 0.717) is 11.8 Å². The zero-order chi connectivity index (χ0) is 11.5. The molecule has 0 saturated heterocycles. The molecule has 0 spiro atoms. The molecule has 0 saturated carbocycles. The lowest BCUT2D eigenvalue weighted by Crippen LogP contribution is -2.32. The van der Waals surface area contributed by atoms with Crippen LogP contribution in [-0.2, 0) is 0 Å². The van der Waals surface area contributed by atoms with Gasteiger partial charge in [0.1, 0.15) is 0 Å². The van der Waals surface area contributed by atoms with Crippen LogP contribution in [0.25, 0.3) is 12.2 Å². The monoisotopic (exact) mass is 215 g/mol. The van der Waals surface area contributed by atoms with Crippen LogP contribution in [0.5, 0.6) is 0 Å². The minimum Gasteiger partial charge on any atom is -0.257 e. The van der Waals surface area contributed by atoms with Crippen molar-refractivity contribution in [1.82, 2.24) is 4.98 Å². The van der Waals surface area contributed by atoms with Gasteiger partial charge in [-0.05, 0) is 47.9 Å². The van der Waals surface area contributed by atoms with E-state index in [1.807, 2.05) is 6.20 Å². The van der Waals surface area contributed by atoms with Crippen molar-refractivity contribution in [3.05, 3.63) is 28.4 Å². The molecule has 0 N–H and O–H groups in total. The topological polar surface area (TPSA) is 12.9 Å². The molecule has 86 valence electrons. The quantitative estimate of drug-likeness (QED) is 0.739. The maximum atomic E-state index is 4.52. The van der Waals surface area contributed by atoms with Crippen LogP contribution in [0.15, 0.2) is 12.3 Å². The highest BCUT2D eigenvalue weighted by molar-refractivity contribution is 5.37. The molecule has 0 bridgehead atoms. The Labute approximate surface area is 97.9 Å². The van der Waals surface area contributed by atoms with Crippen molar-refractivity contribution in [2.24, 2.45) is 5.92 Å². The third-order valence-electron chi connectivity index (χ3n) is 3.61. The lowest BCUT2D eigenvalue weighted by molar-refractivity contribution is 0.704. The fraction of sp³-hybridized carbons (Fsp3) is 0.533. The minimum absolute atomic E-state index is 0.634. The van der Waals surface area contributed by atoms with Crippen molar-refractivity contribution in [3.63, 3.8) is 0 Å². The predicted octanol–water partition coefficient (Wildman–Crippen LogP) is 2.59. The van der Waals surface area contributed by atoms with Crippen LogP contribution >= 0.6 is 0 Å². The normalized spacial score (nSPS) is 21.3. The average Bonchev–Trinajstić information content (AvgIpc) is 2.48. The smallest absolute Gasteiger partial charge is 0.0664 e. The third kappa shape index (κ3) is 2.18. The van der Waals surface area contributed by atoms with Gasteiger partial charge in [-0.3, -0.25) is 4.98 Å². The maximum Gasteiger partial charge on any atom is 0.0664 e. The molecule has 1 nitrogen and oxygen atoms in total. The SMILES string of the molecule is CCC(C)c1ccnc2c1=CCCC(C)C=2. The first-order chi connectivity index (χ1) is 7.72. The summed E-state index contributed by atoms with van der Waals surface area (Å²) in [6.07, 6.45) is 10.3. The Morgan fingerprint density at radius 3 is 3.06 bits per heavy atom. The summed E-state index contributed by atoms with van der Waals surface area (Å²) in [7, 11) is 0. The molecule has 2 unspecified atom stereocenters. The van der Waals surface area contributed by atoms with E-state index in [9.17, 15) is 0 Å². The summed E-state index contributed by atoms with van der Waals surface area (Å²) in [5.41, 5.74) is 1.47. The highest BCUT2D eigenvalue weighted by Gasteiger charge is 2.08. The second kappa shape index (κ2) is 4.82. The van der Waals surface area contributed by atoms with Crippen molar-refractivity contribution in [3.8, 4) is 0 Å². The number of pyridine rings is 1. The van der Waals surface area contributed by atoms with Crippen LogP contribution in [0.3, 0.4) is 0 Å². The number of hydrogen-bond donors (Lipinski definition) is 0. The first-order valence-electron chi connectivity index (χ1n) is 6.39. The molecule has 0 aliphatic heterocycles. The van der Waals surface area contributed by atoms with Crippen molar-refractivity contribution < 1.29 is 0 Å². The maximum absolute atomic E-state index is 4.52. The molecule has 1 aliphatic rings. The Hall–Kier alpha value is -1.11. The van der Waals surface area contributed by atoms with Crippen LogP contribution < -0.4 is 10.6 Å². The minimum atomic E-state index is 0.634. The van der Waals surface area contributed by atoms with Crippen molar-refractivity contribution >= 4 is 12.2 Å². The molecule has 2 rings (SSSR count). The Morgan fingerprint density at radius 1 is 1.50 bits per heavy atom. The van der Waals surface area contributed by atoms with Gasteiger partial charge in [-0.15, -0.1) is 0 Å². The molecule has 0 aromatic carbocycles. The first-order valence-corrected chi connectivity index (χ1v) is 6.39. The van der Waals surface area contributed by atoms with Gasteiger partial charge in [0.25, 0.3) is 0 Å². The lowest BCUT2D eigenvalue weighted by Gasteiger charge is -2.09. The summed E-state index contributed by atoms with van der Waals surface area (Å²) in [6, 6.07) is 2.19. The second-order valence-corrected chi connectivity index (χ2v) is 4.93. The number of aromatic nitrogens is 1. The molecule has 0 radical (unpaired) electrons. The van der Waals surface area contributed by atoms with Crippen molar-refractivity contribution in [2.45, 2.75) is 46.0 Å². The summed E-state index contributed by atoms with van der Waals surface area (Å²) in [5, 5.41) is 2.59. The molecule has 1 heteroatoms. The van der Waals surface area contributed by atoms with Crippen LogP contribution in [0.1, 0.15) is 51.5 Å². The van der Waals surface area contributed by atoms with Gasteiger partial charge >= 0.3 is 0 Å². The predicted molar refractivity (Wildman–Crippen MR) is 69.5 cm³/mol. The summed E-state index contributed by atoms with van der Waals surface area (Å²) in [5.74, 6) is 1.28. The van der Waals surface area contributed by atoms with Crippen molar-refractivity contribution in [2.75, 3.05) is 0 Å². The number of rotatable bonds is 2. The number of hydrogen-bond acceptors (Lipinski definition) is 1. The lowest BCUT2D eigenvalue weighted by atomic mass is 9.97. The molecule has 1 heterocycles. The fourth-order valence-electron chi connectivity index (χ4n) is 2.35. The molecule has 2 atom stereocenters. The fourth-order valence-corrected chi connectivity index (χ4v) is 2.35. The summed E-state index contributed by atoms with van der Waals surface area (Å²) >= 11 is 0. The average molecular weight is 215 g/mol. The standard InChI is InChI=1S/C15H21N/c1-4-12(3)13-8-9-16-15-10-11(2)6-5-7-14(13)15/h7-12H,4-6H2,1-3H3. The molecule has 16 heavy (non-hydrogen) atoms. The van der Waals surface area contributed by atoms with Gasteiger partial charge in [-0.1, -0.05) is 32.9 Å². The third-order valence-corrected chi connectivity index (χ3v) is 3.61. The molecule has 1 aromatic rings. The largest absolute Gasteiger partial charge is 0.257 e. The van der Waals surface area contributed by atoms with E-state index >= 15 is 0 Å². The van der Waals surface area contributed by atoms with E-state index in [4.69, 9.17) is 0 Å². The number of fused-ring (bicyclic) bond motifs is 1. The molecule has 0 amide bonds. The van der Waals surface area contributed by atoms with Gasteiger partial charge in [0.15, 0.2) is 0 Å². The van der Waals surface area contributed by atoms with Gasteiger partial charge in [0, 0.05) is 6.20 Å². The molecule has 1 aromatic heterocycles. The van der Waals surface area contributed by atoms with E-state index in [0.717, 1.165) is 0 Å². The van der Waals surface area contributed by atoms with Gasteiger partial charge in [-0.2, -0.15) is 0 Å². The van der Waals surface area contributed by atoms with Crippen LogP contribution in [-0.4, -0.2) is 4.98 Å². The highest BCUT2D eigenvalue weighted by atomic mass is 14.6. The van der Waals surface area contributed by atoms with Crippen LogP contribution in [0, 0.1) is 5.92 Å². The zero-order valence-corrected chi connectivity index (χ0v) is 10.5. The van der Waals surface area contributed by atoms with Crippen molar-refractivity contribution in [1.29, 1.82) is 0 Å². The molecule has 1 aliphatic carbocycles. The van der Waals surface area contributed by atoms with E-state index < -0.39 is 0 Å². The van der Waals surface area contributed by atoms with E-state index in [1.54, 1.807) is 0 Å². The van der Waals surface area contributed by atoms with E-state index in [-0.39, 0.29) is 0 Å². The molecular weight excluding hydrogens is 194 g/mol. The highest BCUT2D eigenvalue weighted by Crippen LogP contribution is 2.15. The Kier molecular flexibility index (Phi) is 3.42. The summed E-state index contributed by atoms with van der Waals surface area (Å²) in [6.45, 7) is 6.83. The van der Waals surface area contributed by atoms with E-state index in [2.05, 4.69) is 44.0 Å². The zero-order valence-electron chi connectivity index (χ0n) is 10.5. The van der Waals surface area contributed by atoms with E-state index in [1.165, 1.54) is 35.4 Å². The van der Waals surface area contributed by atoms with Gasteiger partial charge in [-0.25, -0.2) is 0 Å². The van der Waals surface area contributed by atoms with Gasteiger partial charge in [0.05, 0.1) is 5.35 Å². The Bertz CT molecular complexity index is 473. The first kappa shape index (κ1) is 11.4. The molecular formula is C15H21N. The Balaban J connectivity index is 2.64. The molecule has 0 fully saturated rings.